The monoisotopic (exact) mass is 433 g/mol. The molecule has 0 bridgehead atoms. The van der Waals surface area contributed by atoms with Crippen molar-refractivity contribution >= 4 is 5.91 Å². The van der Waals surface area contributed by atoms with Crippen LogP contribution in [-0.4, -0.2) is 33.7 Å². The van der Waals surface area contributed by atoms with Crippen LogP contribution in [0.15, 0.2) is 28.8 Å². The van der Waals surface area contributed by atoms with Crippen molar-refractivity contribution in [2.45, 2.75) is 44.6 Å². The quantitative estimate of drug-likeness (QED) is 0.612. The zero-order valence-electron chi connectivity index (χ0n) is 15.6. The Morgan fingerprint density at radius 2 is 1.73 bits per heavy atom. The van der Waals surface area contributed by atoms with E-state index in [4.69, 9.17) is 0 Å². The van der Waals surface area contributed by atoms with E-state index < -0.39 is 29.6 Å². The van der Waals surface area contributed by atoms with E-state index >= 15 is 0 Å². The molecule has 0 aliphatic heterocycles. The van der Waals surface area contributed by atoms with Gasteiger partial charge in [0.05, 0.1) is 0 Å². The summed E-state index contributed by atoms with van der Waals surface area (Å²) in [6.45, 7) is 0.256. The molecular formula is C19H17F6N3O2. The molecule has 0 saturated heterocycles. The summed E-state index contributed by atoms with van der Waals surface area (Å²) in [6, 6.07) is 5.94. The summed E-state index contributed by atoms with van der Waals surface area (Å²) in [5, 5.41) is 3.29. The minimum absolute atomic E-state index is 0.00646. The summed E-state index contributed by atoms with van der Waals surface area (Å²) in [5.74, 6) is -2.42. The van der Waals surface area contributed by atoms with Crippen molar-refractivity contribution < 1.29 is 35.7 Å². The van der Waals surface area contributed by atoms with Gasteiger partial charge in [0.15, 0.2) is 0 Å². The SMILES string of the molecule is O=C(N(Cc1ccc(-c2noc(C(F)(F)F)n2)cc1)CC1CC1)C1(C(F)(F)F)CC1. The molecule has 0 atom stereocenters. The molecule has 5 nitrogen and oxygen atoms in total. The van der Waals surface area contributed by atoms with Crippen molar-refractivity contribution in [2.24, 2.45) is 11.3 Å². The third-order valence-corrected chi connectivity index (χ3v) is 5.42. The van der Waals surface area contributed by atoms with E-state index in [2.05, 4.69) is 14.7 Å². The molecule has 0 unspecified atom stereocenters. The summed E-state index contributed by atoms with van der Waals surface area (Å²) in [7, 11) is 0. The van der Waals surface area contributed by atoms with E-state index in [-0.39, 0.29) is 43.2 Å². The Bertz CT molecular complexity index is 927. The average Bonchev–Trinajstić information content (AvgIpc) is 3.58. The van der Waals surface area contributed by atoms with Crippen LogP contribution in [0.3, 0.4) is 0 Å². The zero-order valence-corrected chi connectivity index (χ0v) is 15.6. The third-order valence-electron chi connectivity index (χ3n) is 5.42. The number of carbonyl (C=O) groups is 1. The van der Waals surface area contributed by atoms with Gasteiger partial charge >= 0.3 is 18.2 Å². The fourth-order valence-electron chi connectivity index (χ4n) is 3.31. The number of aromatic nitrogens is 2. The van der Waals surface area contributed by atoms with Crippen LogP contribution in [0.2, 0.25) is 0 Å². The molecule has 2 aliphatic carbocycles. The highest BCUT2D eigenvalue weighted by molar-refractivity contribution is 5.86. The van der Waals surface area contributed by atoms with E-state index in [1.807, 2.05) is 0 Å². The second-order valence-corrected chi connectivity index (χ2v) is 7.83. The summed E-state index contributed by atoms with van der Waals surface area (Å²) in [6.07, 6.45) is -7.98. The minimum Gasteiger partial charge on any atom is -0.337 e. The van der Waals surface area contributed by atoms with Crippen molar-refractivity contribution in [1.82, 2.24) is 15.0 Å². The predicted molar refractivity (Wildman–Crippen MR) is 90.6 cm³/mol. The van der Waals surface area contributed by atoms with Crippen LogP contribution < -0.4 is 0 Å². The number of halogens is 6. The zero-order chi connectivity index (χ0) is 21.7. The lowest BCUT2D eigenvalue weighted by Gasteiger charge is -2.29. The summed E-state index contributed by atoms with van der Waals surface area (Å²) in [4.78, 5) is 17.2. The maximum Gasteiger partial charge on any atom is 0.471 e. The summed E-state index contributed by atoms with van der Waals surface area (Å²) >= 11 is 0. The van der Waals surface area contributed by atoms with Crippen LogP contribution in [0.5, 0.6) is 0 Å². The molecule has 0 N–H and O–H groups in total. The molecule has 2 fully saturated rings. The summed E-state index contributed by atoms with van der Waals surface area (Å²) in [5.41, 5.74) is -1.46. The minimum atomic E-state index is -4.76. The third kappa shape index (κ3) is 4.01. The lowest BCUT2D eigenvalue weighted by molar-refractivity contribution is -0.199. The molecule has 2 saturated carbocycles. The van der Waals surface area contributed by atoms with Gasteiger partial charge in [0.25, 0.3) is 0 Å². The Labute approximate surface area is 167 Å². The van der Waals surface area contributed by atoms with Crippen LogP contribution in [0.25, 0.3) is 11.4 Å². The summed E-state index contributed by atoms with van der Waals surface area (Å²) < 4.78 is 82.1. The Balaban J connectivity index is 1.50. The first-order valence-corrected chi connectivity index (χ1v) is 9.36. The van der Waals surface area contributed by atoms with Gasteiger partial charge in [-0.25, -0.2) is 0 Å². The van der Waals surface area contributed by atoms with Crippen LogP contribution in [-0.2, 0) is 17.5 Å². The van der Waals surface area contributed by atoms with Gasteiger partial charge in [-0.2, -0.15) is 31.3 Å². The van der Waals surface area contributed by atoms with Crippen LogP contribution >= 0.6 is 0 Å². The van der Waals surface area contributed by atoms with Crippen LogP contribution in [0.4, 0.5) is 26.3 Å². The number of carbonyl (C=O) groups excluding carboxylic acids is 1. The van der Waals surface area contributed by atoms with Crippen molar-refractivity contribution in [2.75, 3.05) is 6.54 Å². The molecular weight excluding hydrogens is 416 g/mol. The second-order valence-electron chi connectivity index (χ2n) is 7.83. The lowest BCUT2D eigenvalue weighted by atomic mass is 10.0. The molecule has 2 aliphatic rings. The number of benzene rings is 1. The van der Waals surface area contributed by atoms with Crippen LogP contribution in [0.1, 0.15) is 37.1 Å². The number of amides is 1. The van der Waals surface area contributed by atoms with Crippen molar-refractivity contribution in [1.29, 1.82) is 0 Å². The van der Waals surface area contributed by atoms with Gasteiger partial charge in [0.2, 0.25) is 11.7 Å². The van der Waals surface area contributed by atoms with Crippen molar-refractivity contribution in [3.8, 4) is 11.4 Å². The molecule has 1 aromatic heterocycles. The highest BCUT2D eigenvalue weighted by atomic mass is 19.4. The van der Waals surface area contributed by atoms with E-state index in [0.29, 0.717) is 5.56 Å². The fraction of sp³-hybridized carbons (Fsp3) is 0.526. The molecule has 1 heterocycles. The Kier molecular flexibility index (Phi) is 4.81. The highest BCUT2D eigenvalue weighted by Gasteiger charge is 2.69. The fourth-order valence-corrected chi connectivity index (χ4v) is 3.31. The molecule has 1 aromatic carbocycles. The van der Waals surface area contributed by atoms with Gasteiger partial charge in [-0.3, -0.25) is 4.79 Å². The molecule has 11 heteroatoms. The average molecular weight is 433 g/mol. The molecule has 162 valence electrons. The smallest absolute Gasteiger partial charge is 0.337 e. The molecule has 0 radical (unpaired) electrons. The van der Waals surface area contributed by atoms with Gasteiger partial charge in [-0.05, 0) is 37.2 Å². The maximum absolute atomic E-state index is 13.4. The maximum atomic E-state index is 13.4. The number of nitrogens with zero attached hydrogens (tertiary/aromatic N) is 3. The number of alkyl halides is 6. The first kappa shape index (κ1) is 20.7. The number of hydrogen-bond donors (Lipinski definition) is 0. The lowest BCUT2D eigenvalue weighted by Crippen LogP contribution is -2.44. The van der Waals surface area contributed by atoms with Gasteiger partial charge in [-0.1, -0.05) is 29.4 Å². The molecule has 1 amide bonds. The Morgan fingerprint density at radius 1 is 1.10 bits per heavy atom. The van der Waals surface area contributed by atoms with Gasteiger partial charge in [-0.15, -0.1) is 0 Å². The van der Waals surface area contributed by atoms with Gasteiger partial charge < -0.3 is 9.42 Å². The molecule has 30 heavy (non-hydrogen) atoms. The molecule has 2 aromatic rings. The normalized spacial score (nSPS) is 18.3. The second kappa shape index (κ2) is 6.98. The number of rotatable bonds is 6. The van der Waals surface area contributed by atoms with E-state index in [1.165, 1.54) is 29.2 Å². The Hall–Kier alpha value is -2.59. The van der Waals surface area contributed by atoms with Crippen molar-refractivity contribution in [3.63, 3.8) is 0 Å². The van der Waals surface area contributed by atoms with Crippen LogP contribution in [0, 0.1) is 11.3 Å². The molecule has 4 rings (SSSR count). The topological polar surface area (TPSA) is 59.2 Å². The van der Waals surface area contributed by atoms with E-state index in [9.17, 15) is 31.1 Å². The first-order chi connectivity index (χ1) is 14.0. The predicted octanol–water partition coefficient (Wildman–Crippen LogP) is 4.84. The highest BCUT2D eigenvalue weighted by Crippen LogP contribution is 2.59. The number of hydrogen-bond acceptors (Lipinski definition) is 4. The van der Waals surface area contributed by atoms with Gasteiger partial charge in [0.1, 0.15) is 5.41 Å². The largest absolute Gasteiger partial charge is 0.471 e. The molecule has 0 spiro atoms. The van der Waals surface area contributed by atoms with E-state index in [1.54, 1.807) is 0 Å². The first-order valence-electron chi connectivity index (χ1n) is 9.36. The Morgan fingerprint density at radius 3 is 2.20 bits per heavy atom. The van der Waals surface area contributed by atoms with Gasteiger partial charge in [0, 0.05) is 18.7 Å². The standard InChI is InChI=1S/C19H17F6N3O2/c20-18(21,22)15-26-14(27-30-15)13-5-3-12(4-6-13)10-28(9-11-1-2-11)16(29)17(7-8-17)19(23,24)25/h3-6,11H,1-2,7-10H2. The van der Waals surface area contributed by atoms with Crippen molar-refractivity contribution in [3.05, 3.63) is 35.7 Å². The van der Waals surface area contributed by atoms with E-state index in [0.717, 1.165) is 12.8 Å².